The minimum Gasteiger partial charge on any atom is -0.399 e. The highest BCUT2D eigenvalue weighted by Gasteiger charge is 2.29. The van der Waals surface area contributed by atoms with Gasteiger partial charge in [0.2, 0.25) is 5.91 Å². The average Bonchev–Trinajstić information content (AvgIpc) is 2.30. The fourth-order valence-corrected chi connectivity index (χ4v) is 2.21. The normalized spacial score (nSPS) is 19.6. The van der Waals surface area contributed by atoms with Crippen molar-refractivity contribution in [2.45, 2.75) is 13.0 Å². The summed E-state index contributed by atoms with van der Waals surface area (Å²) in [5.74, 6) is -0.379. The van der Waals surface area contributed by atoms with Crippen LogP contribution in [0.4, 0.5) is 5.69 Å². The summed E-state index contributed by atoms with van der Waals surface area (Å²) in [4.78, 5) is 25.3. The van der Waals surface area contributed by atoms with Crippen LogP contribution in [-0.2, 0) is 4.79 Å². The maximum atomic E-state index is 12.3. The van der Waals surface area contributed by atoms with Crippen molar-refractivity contribution in [1.29, 1.82) is 0 Å². The number of nitrogens with one attached hydrogen (secondary N) is 1. The van der Waals surface area contributed by atoms with Gasteiger partial charge >= 0.3 is 0 Å². The van der Waals surface area contributed by atoms with Crippen LogP contribution < -0.4 is 11.1 Å². The highest BCUT2D eigenvalue weighted by Crippen LogP contribution is 2.19. The van der Waals surface area contributed by atoms with E-state index in [0.717, 1.165) is 0 Å². The standard InChI is InChI=1S/C12H14ClN3O2/c1-7-11(17)15-2-3-16(7)12(18)8-4-9(13)6-10(14)5-8/h4-7H,2-3,14H2,1H3,(H,15,17). The molecule has 1 aliphatic heterocycles. The molecule has 0 aliphatic carbocycles. The molecule has 1 atom stereocenters. The van der Waals surface area contributed by atoms with Crippen molar-refractivity contribution >= 4 is 29.1 Å². The minimum absolute atomic E-state index is 0.149. The summed E-state index contributed by atoms with van der Waals surface area (Å²) in [7, 11) is 0. The summed E-state index contributed by atoms with van der Waals surface area (Å²) in [5.41, 5.74) is 6.49. The van der Waals surface area contributed by atoms with Gasteiger partial charge in [0, 0.05) is 29.4 Å². The molecule has 2 rings (SSSR count). The first-order valence-electron chi connectivity index (χ1n) is 5.64. The zero-order valence-electron chi connectivity index (χ0n) is 9.94. The Morgan fingerprint density at radius 1 is 1.50 bits per heavy atom. The van der Waals surface area contributed by atoms with Crippen molar-refractivity contribution in [2.24, 2.45) is 0 Å². The first-order valence-corrected chi connectivity index (χ1v) is 6.01. The quantitative estimate of drug-likeness (QED) is 0.742. The Morgan fingerprint density at radius 3 is 2.89 bits per heavy atom. The highest BCUT2D eigenvalue weighted by atomic mass is 35.5. The Hall–Kier alpha value is -1.75. The second-order valence-electron chi connectivity index (χ2n) is 4.24. The van der Waals surface area contributed by atoms with Crippen LogP contribution in [0.15, 0.2) is 18.2 Å². The Morgan fingerprint density at radius 2 is 2.22 bits per heavy atom. The third-order valence-electron chi connectivity index (χ3n) is 2.93. The molecular weight excluding hydrogens is 254 g/mol. The number of piperazine rings is 1. The number of anilines is 1. The van der Waals surface area contributed by atoms with Crippen LogP contribution in [0.1, 0.15) is 17.3 Å². The van der Waals surface area contributed by atoms with Crippen LogP contribution in [0.2, 0.25) is 5.02 Å². The average molecular weight is 268 g/mol. The second-order valence-corrected chi connectivity index (χ2v) is 4.68. The van der Waals surface area contributed by atoms with Crippen LogP contribution in [-0.4, -0.2) is 35.8 Å². The Bertz CT molecular complexity index is 484. The number of hydrogen-bond donors (Lipinski definition) is 2. The van der Waals surface area contributed by atoms with Crippen LogP contribution in [0.25, 0.3) is 0 Å². The minimum atomic E-state index is -0.480. The summed E-state index contributed by atoms with van der Waals surface area (Å²) < 4.78 is 0. The van der Waals surface area contributed by atoms with Crippen LogP contribution in [0.3, 0.4) is 0 Å². The van der Waals surface area contributed by atoms with E-state index in [-0.39, 0.29) is 11.8 Å². The predicted octanol–water partition coefficient (Wildman–Crippen LogP) is 0.883. The molecule has 1 saturated heterocycles. The van der Waals surface area contributed by atoms with E-state index in [2.05, 4.69) is 5.32 Å². The number of benzene rings is 1. The van der Waals surface area contributed by atoms with E-state index in [9.17, 15) is 9.59 Å². The topological polar surface area (TPSA) is 75.4 Å². The molecular formula is C12H14ClN3O2. The number of halogens is 1. The molecule has 96 valence electrons. The zero-order chi connectivity index (χ0) is 13.3. The molecule has 5 nitrogen and oxygen atoms in total. The fraction of sp³-hybridized carbons (Fsp3) is 0.333. The largest absolute Gasteiger partial charge is 0.399 e. The van der Waals surface area contributed by atoms with Gasteiger partial charge in [-0.05, 0) is 25.1 Å². The molecule has 0 aromatic heterocycles. The first kappa shape index (κ1) is 12.7. The summed E-state index contributed by atoms with van der Waals surface area (Å²) in [6.45, 7) is 2.64. The molecule has 1 fully saturated rings. The third kappa shape index (κ3) is 2.41. The van der Waals surface area contributed by atoms with Gasteiger partial charge in [-0.15, -0.1) is 0 Å². The maximum Gasteiger partial charge on any atom is 0.254 e. The number of amides is 2. The molecule has 1 heterocycles. The van der Waals surface area contributed by atoms with Gasteiger partial charge in [-0.3, -0.25) is 9.59 Å². The van der Waals surface area contributed by atoms with E-state index in [0.29, 0.717) is 29.4 Å². The highest BCUT2D eigenvalue weighted by molar-refractivity contribution is 6.31. The molecule has 2 amide bonds. The summed E-state index contributed by atoms with van der Waals surface area (Å²) >= 11 is 5.87. The van der Waals surface area contributed by atoms with Gasteiger partial charge in [-0.1, -0.05) is 11.6 Å². The van der Waals surface area contributed by atoms with E-state index in [1.54, 1.807) is 25.1 Å². The lowest BCUT2D eigenvalue weighted by atomic mass is 10.1. The summed E-state index contributed by atoms with van der Waals surface area (Å²) in [6, 6.07) is 4.21. The summed E-state index contributed by atoms with van der Waals surface area (Å²) in [6.07, 6.45) is 0. The molecule has 0 bridgehead atoms. The van der Waals surface area contributed by atoms with Crippen molar-refractivity contribution in [3.63, 3.8) is 0 Å². The second kappa shape index (κ2) is 4.86. The molecule has 3 N–H and O–H groups in total. The number of nitrogen functional groups attached to an aromatic ring is 1. The van der Waals surface area contributed by atoms with Gasteiger partial charge in [0.15, 0.2) is 0 Å². The van der Waals surface area contributed by atoms with E-state index in [1.807, 2.05) is 0 Å². The smallest absolute Gasteiger partial charge is 0.254 e. The van der Waals surface area contributed by atoms with Crippen molar-refractivity contribution < 1.29 is 9.59 Å². The van der Waals surface area contributed by atoms with Crippen LogP contribution in [0.5, 0.6) is 0 Å². The maximum absolute atomic E-state index is 12.3. The Kier molecular flexibility index (Phi) is 3.43. The van der Waals surface area contributed by atoms with E-state index >= 15 is 0 Å². The van der Waals surface area contributed by atoms with Crippen LogP contribution >= 0.6 is 11.6 Å². The van der Waals surface area contributed by atoms with Gasteiger partial charge in [0.25, 0.3) is 5.91 Å². The Balaban J connectivity index is 2.27. The molecule has 1 aliphatic rings. The Labute approximate surface area is 110 Å². The van der Waals surface area contributed by atoms with E-state index in [4.69, 9.17) is 17.3 Å². The van der Waals surface area contributed by atoms with Gasteiger partial charge in [0.1, 0.15) is 6.04 Å². The number of carbonyl (C=O) groups is 2. The van der Waals surface area contributed by atoms with E-state index in [1.165, 1.54) is 4.90 Å². The number of nitrogens with two attached hydrogens (primary N) is 1. The molecule has 1 aromatic carbocycles. The monoisotopic (exact) mass is 267 g/mol. The lowest BCUT2D eigenvalue weighted by molar-refractivity contribution is -0.127. The summed E-state index contributed by atoms with van der Waals surface area (Å²) in [5, 5.41) is 3.12. The van der Waals surface area contributed by atoms with Crippen molar-refractivity contribution in [1.82, 2.24) is 10.2 Å². The van der Waals surface area contributed by atoms with E-state index < -0.39 is 6.04 Å². The van der Waals surface area contributed by atoms with Crippen molar-refractivity contribution in [2.75, 3.05) is 18.8 Å². The SMILES string of the molecule is CC1C(=O)NCCN1C(=O)c1cc(N)cc(Cl)c1. The number of nitrogens with zero attached hydrogens (tertiary/aromatic N) is 1. The molecule has 0 spiro atoms. The van der Waals surface area contributed by atoms with Gasteiger partial charge < -0.3 is 16.0 Å². The molecule has 1 unspecified atom stereocenters. The lowest BCUT2D eigenvalue weighted by Gasteiger charge is -2.32. The molecule has 1 aromatic rings. The molecule has 0 saturated carbocycles. The van der Waals surface area contributed by atoms with Crippen LogP contribution in [0, 0.1) is 0 Å². The first-order chi connectivity index (χ1) is 8.49. The van der Waals surface area contributed by atoms with Gasteiger partial charge in [0.05, 0.1) is 0 Å². The predicted molar refractivity (Wildman–Crippen MR) is 69.4 cm³/mol. The molecule has 6 heteroatoms. The number of hydrogen-bond acceptors (Lipinski definition) is 3. The fourth-order valence-electron chi connectivity index (χ4n) is 1.96. The molecule has 18 heavy (non-hydrogen) atoms. The van der Waals surface area contributed by atoms with Crippen molar-refractivity contribution in [3.8, 4) is 0 Å². The number of rotatable bonds is 1. The third-order valence-corrected chi connectivity index (χ3v) is 3.15. The molecule has 0 radical (unpaired) electrons. The van der Waals surface area contributed by atoms with Gasteiger partial charge in [-0.25, -0.2) is 0 Å². The lowest BCUT2D eigenvalue weighted by Crippen LogP contribution is -2.55. The van der Waals surface area contributed by atoms with Gasteiger partial charge in [-0.2, -0.15) is 0 Å². The number of carbonyl (C=O) groups excluding carboxylic acids is 2. The zero-order valence-corrected chi connectivity index (χ0v) is 10.7. The van der Waals surface area contributed by atoms with Crippen molar-refractivity contribution in [3.05, 3.63) is 28.8 Å².